The fraction of sp³-hybridized carbons (Fsp3) is 0.0714. The predicted octanol–water partition coefficient (Wildman–Crippen LogP) is 22.3. The van der Waals surface area contributed by atoms with Gasteiger partial charge in [0.05, 0.1) is 11.2 Å². The summed E-state index contributed by atoms with van der Waals surface area (Å²) in [6, 6.07) is 95.8. The molecule has 0 bridgehead atoms. The van der Waals surface area contributed by atoms with E-state index in [2.05, 4.69) is 157 Å². The lowest BCUT2D eigenvalue weighted by Crippen LogP contribution is -2.41. The lowest BCUT2D eigenvalue weighted by Gasteiger charge is -2.32. The third-order valence-corrected chi connectivity index (χ3v) is 19.1. The van der Waals surface area contributed by atoms with Gasteiger partial charge in [0, 0.05) is 91.2 Å². The summed E-state index contributed by atoms with van der Waals surface area (Å²) in [4.78, 5) is 29.3. The Bertz CT molecular complexity index is 5600. The van der Waals surface area contributed by atoms with Crippen LogP contribution in [-0.4, -0.2) is 48.2 Å². The standard InChI is InChI=1S/C45H27N3O2.C21H13Br2N3.C18H19BO3/c1-2-12-28(13-3-1)43-46-44(31-16-8-14-29(26-31)33-20-10-22-37-35-18-4-6-24-39(35)49-41(33)37)48-45(47-43)32-17-9-15-30(27-32)34-21-11-23-38-36-19-5-7-25-40(36)50-42(34)38;22-17-10-4-8-15(12-17)20-24-19(14-6-2-1-3-7-14)25-21(26-20)16-9-5-11-18(23)13-16;1-17(2)18(3,4)22-19(21-17)14-10-7-9-13-12-8-5-6-11-15(12)20-16(13)14/h1-27H;1-13H;5-11H,1-4H3. The van der Waals surface area contributed by atoms with Crippen LogP contribution in [0.3, 0.4) is 0 Å². The van der Waals surface area contributed by atoms with Gasteiger partial charge in [-0.15, -0.1) is 0 Å². The fourth-order valence-corrected chi connectivity index (χ4v) is 13.3. The van der Waals surface area contributed by atoms with Crippen LogP contribution in [0.1, 0.15) is 27.7 Å². The number of fused-ring (bicyclic) bond motifs is 9. The van der Waals surface area contributed by atoms with Gasteiger partial charge in [-0.3, -0.25) is 0 Å². The first-order valence-corrected chi connectivity index (χ1v) is 33.9. The van der Waals surface area contributed by atoms with Gasteiger partial charge >= 0.3 is 7.12 Å². The zero-order valence-electron chi connectivity index (χ0n) is 53.7. The molecular formula is C84H59BBr2N6O5. The van der Waals surface area contributed by atoms with Gasteiger partial charge in [0.25, 0.3) is 0 Å². The minimum absolute atomic E-state index is 0.355. The molecule has 0 radical (unpaired) electrons. The molecule has 12 aromatic carbocycles. The molecule has 17 aromatic rings. The van der Waals surface area contributed by atoms with E-state index in [9.17, 15) is 0 Å². The maximum Gasteiger partial charge on any atom is 0.498 e. The summed E-state index contributed by atoms with van der Waals surface area (Å²) in [7, 11) is -0.408. The van der Waals surface area contributed by atoms with Crippen LogP contribution in [0.5, 0.6) is 0 Å². The summed E-state index contributed by atoms with van der Waals surface area (Å²) in [5, 5.41) is 6.62. The second kappa shape index (κ2) is 25.9. The van der Waals surface area contributed by atoms with Crippen molar-refractivity contribution < 1.29 is 22.6 Å². The molecule has 98 heavy (non-hydrogen) atoms. The van der Waals surface area contributed by atoms with Crippen LogP contribution in [-0.2, 0) is 9.31 Å². The summed E-state index contributed by atoms with van der Waals surface area (Å²) >= 11 is 7.04. The zero-order chi connectivity index (χ0) is 66.5. The molecule has 0 N–H and O–H groups in total. The maximum atomic E-state index is 6.38. The Balaban J connectivity index is 0.000000130. The van der Waals surface area contributed by atoms with E-state index in [-0.39, 0.29) is 11.2 Å². The molecule has 0 amide bonds. The summed E-state index contributed by atoms with van der Waals surface area (Å²) < 4.78 is 33.2. The SMILES string of the molecule is Brc1cccc(-c2nc(-c3ccccc3)nc(-c3cccc(Br)c3)n2)c1.CC1(C)OB(c2cccc3c2oc2ccccc23)OC1(C)C.c1ccc(-c2nc(-c3cccc(-c4cccc5c4oc4ccccc45)c3)nc(-c3cccc(-c4cccc5c4oc4ccccc45)c3)n2)cc1. The Morgan fingerprint density at radius 2 is 0.551 bits per heavy atom. The molecule has 11 nitrogen and oxygen atoms in total. The minimum Gasteiger partial charge on any atom is -0.456 e. The van der Waals surface area contributed by atoms with Crippen LogP contribution in [0.4, 0.5) is 0 Å². The van der Waals surface area contributed by atoms with Gasteiger partial charge in [-0.2, -0.15) is 0 Å². The van der Waals surface area contributed by atoms with Crippen LogP contribution < -0.4 is 5.46 Å². The molecule has 1 aliphatic heterocycles. The van der Waals surface area contributed by atoms with E-state index in [0.29, 0.717) is 34.9 Å². The molecule has 0 aliphatic carbocycles. The van der Waals surface area contributed by atoms with Crippen molar-refractivity contribution in [3.63, 3.8) is 0 Å². The first kappa shape index (κ1) is 61.9. The van der Waals surface area contributed by atoms with Gasteiger partial charge in [0.1, 0.15) is 33.5 Å². The highest BCUT2D eigenvalue weighted by molar-refractivity contribution is 9.10. The summed E-state index contributed by atoms with van der Waals surface area (Å²) in [6.07, 6.45) is 0. The summed E-state index contributed by atoms with van der Waals surface area (Å²) in [6.45, 7) is 8.25. The average molecular weight is 1400 g/mol. The van der Waals surface area contributed by atoms with Crippen molar-refractivity contribution in [1.82, 2.24) is 29.9 Å². The van der Waals surface area contributed by atoms with Gasteiger partial charge in [-0.1, -0.05) is 262 Å². The first-order valence-electron chi connectivity index (χ1n) is 32.3. The Hall–Kier alpha value is -11.0. The van der Waals surface area contributed by atoms with Crippen LogP contribution in [0.25, 0.3) is 156 Å². The molecule has 18 rings (SSSR count). The molecule has 5 aromatic heterocycles. The lowest BCUT2D eigenvalue weighted by molar-refractivity contribution is 0.00578. The van der Waals surface area contributed by atoms with E-state index in [1.807, 2.05) is 188 Å². The number of furan rings is 3. The van der Waals surface area contributed by atoms with E-state index in [0.717, 1.165) is 136 Å². The molecule has 0 unspecified atom stereocenters. The number of aromatic nitrogens is 6. The van der Waals surface area contributed by atoms with Crippen molar-refractivity contribution in [3.8, 4) is 90.6 Å². The van der Waals surface area contributed by atoms with Crippen LogP contribution in [0.15, 0.2) is 307 Å². The van der Waals surface area contributed by atoms with Gasteiger partial charge in [-0.05, 0) is 93.4 Å². The highest BCUT2D eigenvalue weighted by Crippen LogP contribution is 2.41. The fourth-order valence-electron chi connectivity index (χ4n) is 12.5. The van der Waals surface area contributed by atoms with Gasteiger partial charge in [0.15, 0.2) is 34.9 Å². The highest BCUT2D eigenvalue weighted by Gasteiger charge is 2.52. The molecule has 0 atom stereocenters. The molecule has 1 aliphatic rings. The van der Waals surface area contributed by atoms with Crippen LogP contribution in [0.2, 0.25) is 0 Å². The van der Waals surface area contributed by atoms with E-state index in [1.54, 1.807) is 0 Å². The maximum absolute atomic E-state index is 6.38. The van der Waals surface area contributed by atoms with Gasteiger partial charge < -0.3 is 22.6 Å². The normalized spacial score (nSPS) is 13.3. The predicted molar refractivity (Wildman–Crippen MR) is 403 cm³/mol. The number of nitrogens with zero attached hydrogens (tertiary/aromatic N) is 6. The number of rotatable bonds is 9. The van der Waals surface area contributed by atoms with Crippen molar-refractivity contribution in [3.05, 3.63) is 294 Å². The topological polar surface area (TPSA) is 135 Å². The lowest BCUT2D eigenvalue weighted by atomic mass is 9.78. The molecule has 472 valence electrons. The zero-order valence-corrected chi connectivity index (χ0v) is 56.9. The Labute approximate surface area is 582 Å². The highest BCUT2D eigenvalue weighted by atomic mass is 79.9. The Kier molecular flexibility index (Phi) is 16.3. The summed E-state index contributed by atoms with van der Waals surface area (Å²) in [5.41, 5.74) is 15.1. The first-order chi connectivity index (χ1) is 47.8. The smallest absolute Gasteiger partial charge is 0.456 e. The number of hydrogen-bond donors (Lipinski definition) is 0. The number of benzene rings is 12. The molecule has 0 saturated carbocycles. The quantitative estimate of drug-likeness (QED) is 0.128. The van der Waals surface area contributed by atoms with Crippen LogP contribution in [0, 0.1) is 0 Å². The Morgan fingerprint density at radius 3 is 0.949 bits per heavy atom. The van der Waals surface area contributed by atoms with Crippen molar-refractivity contribution in [1.29, 1.82) is 0 Å². The second-order valence-electron chi connectivity index (χ2n) is 25.0. The minimum atomic E-state index is -0.408. The third-order valence-electron chi connectivity index (χ3n) is 18.1. The molecule has 6 heterocycles. The third kappa shape index (κ3) is 12.1. The van der Waals surface area contributed by atoms with Crippen molar-refractivity contribution in [2.24, 2.45) is 0 Å². The van der Waals surface area contributed by atoms with Crippen molar-refractivity contribution in [2.45, 2.75) is 38.9 Å². The van der Waals surface area contributed by atoms with E-state index in [4.69, 9.17) is 52.5 Å². The molecular weight excluding hydrogens is 1340 g/mol. The molecule has 1 saturated heterocycles. The van der Waals surface area contributed by atoms with E-state index < -0.39 is 7.12 Å². The van der Waals surface area contributed by atoms with E-state index >= 15 is 0 Å². The molecule has 1 fully saturated rings. The van der Waals surface area contributed by atoms with Gasteiger partial charge in [0.2, 0.25) is 0 Å². The second-order valence-corrected chi connectivity index (χ2v) is 26.8. The van der Waals surface area contributed by atoms with E-state index in [1.165, 1.54) is 0 Å². The van der Waals surface area contributed by atoms with Crippen molar-refractivity contribution >= 4 is 110 Å². The largest absolute Gasteiger partial charge is 0.498 e. The molecule has 14 heteroatoms. The average Bonchev–Trinajstić information content (AvgIpc) is 1.57. The molecule has 0 spiro atoms. The number of para-hydroxylation sites is 6. The summed E-state index contributed by atoms with van der Waals surface area (Å²) in [5.74, 6) is 3.76. The monoisotopic (exact) mass is 1400 g/mol. The number of hydrogen-bond acceptors (Lipinski definition) is 11. The Morgan fingerprint density at radius 1 is 0.265 bits per heavy atom. The van der Waals surface area contributed by atoms with Crippen molar-refractivity contribution in [2.75, 3.05) is 0 Å². The van der Waals surface area contributed by atoms with Crippen LogP contribution >= 0.6 is 31.9 Å². The number of halogens is 2. The van der Waals surface area contributed by atoms with Gasteiger partial charge in [-0.25, -0.2) is 29.9 Å².